The first-order chi connectivity index (χ1) is 6.57. The Bertz CT molecular complexity index is 347. The molecule has 3 heteroatoms. The van der Waals surface area contributed by atoms with Crippen molar-refractivity contribution in [2.45, 2.75) is 19.9 Å². The summed E-state index contributed by atoms with van der Waals surface area (Å²) in [5.74, 6) is 5.51. The molecule has 3 N–H and O–H groups in total. The zero-order chi connectivity index (χ0) is 10.7. The highest BCUT2D eigenvalue weighted by atomic mass is 127. The highest BCUT2D eigenvalue weighted by molar-refractivity contribution is 14.1. The minimum atomic E-state index is 0.0433. The monoisotopic (exact) mass is 302 g/mol. The molecule has 76 valence electrons. The summed E-state index contributed by atoms with van der Waals surface area (Å²) in [5.41, 5.74) is 6.27. The molecule has 0 bridgehead atoms. The van der Waals surface area contributed by atoms with E-state index in [1.165, 1.54) is 14.7 Å². The van der Waals surface area contributed by atoms with Crippen molar-refractivity contribution in [3.63, 3.8) is 0 Å². The Morgan fingerprint density at radius 2 is 2.21 bits per heavy atom. The van der Waals surface area contributed by atoms with Gasteiger partial charge >= 0.3 is 0 Å². The fourth-order valence-corrected chi connectivity index (χ4v) is 2.06. The molecule has 0 radical (unpaired) electrons. The van der Waals surface area contributed by atoms with Gasteiger partial charge in [0.25, 0.3) is 0 Å². The molecule has 0 fully saturated rings. The summed E-state index contributed by atoms with van der Waals surface area (Å²) in [6, 6.07) is 6.26. The van der Waals surface area contributed by atoms with Crippen LogP contribution in [0.15, 0.2) is 30.4 Å². The molecule has 14 heavy (non-hydrogen) atoms. The van der Waals surface area contributed by atoms with Gasteiger partial charge in [0.2, 0.25) is 0 Å². The Hall–Kier alpha value is -0.390. The number of hydrazine groups is 1. The first kappa shape index (κ1) is 11.7. The number of rotatable bonds is 3. The fraction of sp³-hybridized carbons (Fsp3) is 0.273. The van der Waals surface area contributed by atoms with E-state index in [0.29, 0.717) is 0 Å². The molecule has 0 spiro atoms. The van der Waals surface area contributed by atoms with Crippen molar-refractivity contribution in [1.29, 1.82) is 0 Å². The van der Waals surface area contributed by atoms with Crippen LogP contribution in [0, 0.1) is 10.5 Å². The number of nitrogens with two attached hydrogens (primary N) is 1. The second kappa shape index (κ2) is 4.91. The van der Waals surface area contributed by atoms with Crippen LogP contribution in [-0.2, 0) is 0 Å². The number of nitrogens with one attached hydrogen (secondary N) is 1. The zero-order valence-corrected chi connectivity index (χ0v) is 10.6. The smallest absolute Gasteiger partial charge is 0.0675 e. The van der Waals surface area contributed by atoms with Crippen LogP contribution in [0.5, 0.6) is 0 Å². The average Bonchev–Trinajstić information content (AvgIpc) is 2.13. The Morgan fingerprint density at radius 3 is 2.71 bits per heavy atom. The summed E-state index contributed by atoms with van der Waals surface area (Å²) in [5, 5.41) is 0. The number of halogens is 1. The summed E-state index contributed by atoms with van der Waals surface area (Å²) in [6.07, 6.45) is 0. The van der Waals surface area contributed by atoms with Crippen LogP contribution in [0.3, 0.4) is 0 Å². The lowest BCUT2D eigenvalue weighted by molar-refractivity contribution is 0.624. The number of aryl methyl sites for hydroxylation is 1. The standard InChI is InChI=1S/C11H15IN2/c1-7(2)11(14-13)9-6-4-5-8(3)10(9)12/h4-6,11,14H,1,13H2,2-3H3. The lowest BCUT2D eigenvalue weighted by Crippen LogP contribution is -2.29. The molecule has 1 aromatic carbocycles. The third-order valence-electron chi connectivity index (χ3n) is 2.19. The van der Waals surface area contributed by atoms with Crippen molar-refractivity contribution in [2.75, 3.05) is 0 Å². The van der Waals surface area contributed by atoms with E-state index in [1.54, 1.807) is 0 Å². The average molecular weight is 302 g/mol. The van der Waals surface area contributed by atoms with Gasteiger partial charge in [0.1, 0.15) is 0 Å². The van der Waals surface area contributed by atoms with Crippen molar-refractivity contribution in [1.82, 2.24) is 5.43 Å². The van der Waals surface area contributed by atoms with Gasteiger partial charge in [0, 0.05) is 3.57 Å². The summed E-state index contributed by atoms with van der Waals surface area (Å²) < 4.78 is 1.25. The third-order valence-corrected chi connectivity index (χ3v) is 3.67. The zero-order valence-electron chi connectivity index (χ0n) is 8.47. The van der Waals surface area contributed by atoms with E-state index in [-0.39, 0.29) is 6.04 Å². The van der Waals surface area contributed by atoms with Crippen molar-refractivity contribution >= 4 is 22.6 Å². The topological polar surface area (TPSA) is 38.0 Å². The highest BCUT2D eigenvalue weighted by Crippen LogP contribution is 2.26. The van der Waals surface area contributed by atoms with E-state index in [1.807, 2.05) is 13.0 Å². The molecular formula is C11H15IN2. The van der Waals surface area contributed by atoms with E-state index in [9.17, 15) is 0 Å². The second-order valence-electron chi connectivity index (χ2n) is 3.42. The largest absolute Gasteiger partial charge is 0.271 e. The quantitative estimate of drug-likeness (QED) is 0.390. The van der Waals surface area contributed by atoms with Crippen LogP contribution in [0.4, 0.5) is 0 Å². The number of hydrogen-bond donors (Lipinski definition) is 2. The molecule has 1 unspecified atom stereocenters. The number of benzene rings is 1. The number of hydrogen-bond acceptors (Lipinski definition) is 2. The van der Waals surface area contributed by atoms with Gasteiger partial charge in [0.15, 0.2) is 0 Å². The lowest BCUT2D eigenvalue weighted by Gasteiger charge is -2.18. The molecule has 1 rings (SSSR count). The summed E-state index contributed by atoms with van der Waals surface area (Å²) >= 11 is 2.34. The minimum absolute atomic E-state index is 0.0433. The molecule has 1 atom stereocenters. The molecule has 0 aromatic heterocycles. The maximum Gasteiger partial charge on any atom is 0.0675 e. The molecule has 0 amide bonds. The molecule has 0 aliphatic rings. The van der Waals surface area contributed by atoms with Gasteiger partial charge in [-0.25, -0.2) is 5.43 Å². The third kappa shape index (κ3) is 2.34. The Labute approximate surface area is 98.7 Å². The van der Waals surface area contributed by atoms with Crippen molar-refractivity contribution in [2.24, 2.45) is 5.84 Å². The Balaban J connectivity index is 3.16. The van der Waals surface area contributed by atoms with Gasteiger partial charge in [-0.15, -0.1) is 0 Å². The maximum atomic E-state index is 5.51. The predicted molar refractivity (Wildman–Crippen MR) is 68.8 cm³/mol. The Morgan fingerprint density at radius 1 is 1.57 bits per heavy atom. The Kier molecular flexibility index (Phi) is 4.10. The molecule has 0 heterocycles. The fourth-order valence-electron chi connectivity index (χ4n) is 1.39. The molecule has 0 aliphatic carbocycles. The van der Waals surface area contributed by atoms with Crippen molar-refractivity contribution < 1.29 is 0 Å². The summed E-state index contributed by atoms with van der Waals surface area (Å²) in [4.78, 5) is 0. The van der Waals surface area contributed by atoms with E-state index in [2.05, 4.69) is 53.7 Å². The van der Waals surface area contributed by atoms with E-state index < -0.39 is 0 Å². The van der Waals surface area contributed by atoms with Crippen LogP contribution in [0.1, 0.15) is 24.1 Å². The summed E-state index contributed by atoms with van der Waals surface area (Å²) in [6.45, 7) is 8.00. The molecule has 0 aliphatic heterocycles. The van der Waals surface area contributed by atoms with Gasteiger partial charge in [-0.1, -0.05) is 30.4 Å². The molecule has 1 aromatic rings. The predicted octanol–water partition coefficient (Wildman–Crippen LogP) is 2.68. The van der Waals surface area contributed by atoms with Crippen molar-refractivity contribution in [3.05, 3.63) is 45.0 Å². The first-order valence-electron chi connectivity index (χ1n) is 4.44. The second-order valence-corrected chi connectivity index (χ2v) is 4.50. The molecule has 0 saturated heterocycles. The normalized spacial score (nSPS) is 12.6. The van der Waals surface area contributed by atoms with Gasteiger partial charge in [-0.05, 0) is 47.6 Å². The molecule has 0 saturated carbocycles. The van der Waals surface area contributed by atoms with Gasteiger partial charge in [0.05, 0.1) is 6.04 Å². The van der Waals surface area contributed by atoms with E-state index in [0.717, 1.165) is 5.57 Å². The van der Waals surface area contributed by atoms with Gasteiger partial charge in [-0.2, -0.15) is 0 Å². The van der Waals surface area contributed by atoms with E-state index in [4.69, 9.17) is 5.84 Å². The van der Waals surface area contributed by atoms with E-state index >= 15 is 0 Å². The van der Waals surface area contributed by atoms with Crippen LogP contribution < -0.4 is 11.3 Å². The SMILES string of the molecule is C=C(C)C(NN)c1cccc(C)c1I. The van der Waals surface area contributed by atoms with Crippen LogP contribution in [-0.4, -0.2) is 0 Å². The van der Waals surface area contributed by atoms with Crippen LogP contribution >= 0.6 is 22.6 Å². The minimum Gasteiger partial charge on any atom is -0.271 e. The van der Waals surface area contributed by atoms with Gasteiger partial charge in [-0.3, -0.25) is 5.84 Å². The highest BCUT2D eigenvalue weighted by Gasteiger charge is 2.13. The molecule has 2 nitrogen and oxygen atoms in total. The van der Waals surface area contributed by atoms with Crippen LogP contribution in [0.25, 0.3) is 0 Å². The van der Waals surface area contributed by atoms with Gasteiger partial charge < -0.3 is 0 Å². The first-order valence-corrected chi connectivity index (χ1v) is 5.52. The summed E-state index contributed by atoms with van der Waals surface area (Å²) in [7, 11) is 0. The molecular weight excluding hydrogens is 287 g/mol. The maximum absolute atomic E-state index is 5.51. The van der Waals surface area contributed by atoms with Crippen LogP contribution in [0.2, 0.25) is 0 Å². The lowest BCUT2D eigenvalue weighted by atomic mass is 10.00. The van der Waals surface area contributed by atoms with Crippen molar-refractivity contribution in [3.8, 4) is 0 Å².